The summed E-state index contributed by atoms with van der Waals surface area (Å²) in [5.74, 6) is -0.712. The van der Waals surface area contributed by atoms with Crippen molar-refractivity contribution < 1.29 is 28.5 Å². The second-order valence-corrected chi connectivity index (χ2v) is 14.0. The van der Waals surface area contributed by atoms with E-state index in [1.165, 1.54) is 5.57 Å². The van der Waals surface area contributed by atoms with E-state index in [4.69, 9.17) is 18.9 Å². The van der Waals surface area contributed by atoms with Crippen molar-refractivity contribution in [2.24, 2.45) is 22.7 Å². The van der Waals surface area contributed by atoms with Crippen LogP contribution in [0, 0.1) is 22.7 Å². The van der Waals surface area contributed by atoms with Crippen molar-refractivity contribution in [3.63, 3.8) is 0 Å². The fourth-order valence-electron chi connectivity index (χ4n) is 8.26. The van der Waals surface area contributed by atoms with Gasteiger partial charge < -0.3 is 18.9 Å². The molecule has 2 aromatic carbocycles. The van der Waals surface area contributed by atoms with Crippen molar-refractivity contribution in [2.45, 2.75) is 91.3 Å². The van der Waals surface area contributed by atoms with Crippen LogP contribution in [-0.4, -0.2) is 42.6 Å². The summed E-state index contributed by atoms with van der Waals surface area (Å²) in [6, 6.07) is 18.1. The molecule has 4 aliphatic rings. The summed E-state index contributed by atoms with van der Waals surface area (Å²) < 4.78 is 25.3. The van der Waals surface area contributed by atoms with Crippen LogP contribution in [0.1, 0.15) is 87.9 Å². The molecule has 0 N–H and O–H groups in total. The third kappa shape index (κ3) is 5.38. The number of carbonyl (C=O) groups is 2. The largest absolute Gasteiger partial charge is 0.457 e. The van der Waals surface area contributed by atoms with Gasteiger partial charge in [0.25, 0.3) is 0 Å². The Balaban J connectivity index is 1.44. The molecule has 2 aromatic rings. The summed E-state index contributed by atoms with van der Waals surface area (Å²) in [4.78, 5) is 26.4. The zero-order valence-electron chi connectivity index (χ0n) is 26.2. The van der Waals surface area contributed by atoms with Crippen molar-refractivity contribution >= 4 is 11.9 Å². The van der Waals surface area contributed by atoms with Crippen LogP contribution in [-0.2, 0) is 18.9 Å². The molecule has 1 aliphatic heterocycles. The molecule has 2 fully saturated rings. The van der Waals surface area contributed by atoms with E-state index in [1.807, 2.05) is 50.2 Å². The van der Waals surface area contributed by atoms with Crippen LogP contribution in [0.4, 0.5) is 0 Å². The molecule has 6 atom stereocenters. The Labute approximate surface area is 255 Å². The fraction of sp³-hybridized carbons (Fsp3) is 0.514. The van der Waals surface area contributed by atoms with Crippen molar-refractivity contribution in [3.05, 3.63) is 94.6 Å². The molecular weight excluding hydrogens is 540 g/mol. The van der Waals surface area contributed by atoms with Crippen molar-refractivity contribution in [1.29, 1.82) is 0 Å². The van der Waals surface area contributed by atoms with Crippen LogP contribution in [0.2, 0.25) is 0 Å². The Hall–Kier alpha value is -3.22. The Kier molecular flexibility index (Phi) is 7.67. The highest BCUT2D eigenvalue weighted by molar-refractivity contribution is 5.90. The maximum absolute atomic E-state index is 13.3. The van der Waals surface area contributed by atoms with Gasteiger partial charge in [0.2, 0.25) is 0 Å². The lowest BCUT2D eigenvalue weighted by Gasteiger charge is -2.41. The number of allylic oxidation sites excluding steroid dienone is 2. The molecule has 1 saturated heterocycles. The zero-order valence-corrected chi connectivity index (χ0v) is 26.2. The number of benzene rings is 2. The second-order valence-electron chi connectivity index (χ2n) is 14.0. The molecule has 43 heavy (non-hydrogen) atoms. The van der Waals surface area contributed by atoms with E-state index in [-0.39, 0.29) is 35.6 Å². The maximum Gasteiger partial charge on any atom is 0.338 e. The molecule has 6 nitrogen and oxygen atoms in total. The molecule has 0 unspecified atom stereocenters. The van der Waals surface area contributed by atoms with Gasteiger partial charge in [-0.15, -0.1) is 0 Å². The van der Waals surface area contributed by atoms with Crippen LogP contribution < -0.4 is 0 Å². The quantitative estimate of drug-likeness (QED) is 0.324. The maximum atomic E-state index is 13.3. The molecule has 0 radical (unpaired) electrons. The number of carbonyl (C=O) groups excluding carboxylic acids is 2. The number of rotatable bonds is 6. The molecule has 1 heterocycles. The Morgan fingerprint density at radius 1 is 0.860 bits per heavy atom. The summed E-state index contributed by atoms with van der Waals surface area (Å²) in [5.41, 5.74) is 3.97. The van der Waals surface area contributed by atoms with Crippen molar-refractivity contribution in [1.82, 2.24) is 0 Å². The van der Waals surface area contributed by atoms with E-state index < -0.39 is 17.9 Å². The van der Waals surface area contributed by atoms with Crippen LogP contribution in [0.25, 0.3) is 0 Å². The standard InChI is InChI=1S/C37H44O6/c1-23(2)30-32-31(42-35(3,4)43-32)28-21-27-26(22-40-33(38)24-13-9-7-10-14-24)29(41-34(39)25-15-11-8-12-16-25)17-18-36(27,5)19-20-37(28,30)6/h7-16,21,23,29-32H,17-20,22H2,1-6H3/t29-,30-,31+,32-,36-,37-/m0/s1. The van der Waals surface area contributed by atoms with Gasteiger partial charge in [0.05, 0.1) is 17.2 Å². The molecule has 6 heteroatoms. The van der Waals surface area contributed by atoms with Gasteiger partial charge in [-0.25, -0.2) is 9.59 Å². The highest BCUT2D eigenvalue weighted by atomic mass is 16.8. The van der Waals surface area contributed by atoms with Gasteiger partial charge in [0.15, 0.2) is 5.79 Å². The summed E-state index contributed by atoms with van der Waals surface area (Å²) in [7, 11) is 0. The summed E-state index contributed by atoms with van der Waals surface area (Å²) in [6.45, 7) is 13.3. The third-order valence-electron chi connectivity index (χ3n) is 10.4. The number of hydrogen-bond acceptors (Lipinski definition) is 6. The molecule has 0 amide bonds. The van der Waals surface area contributed by atoms with Crippen LogP contribution in [0.15, 0.2) is 83.5 Å². The van der Waals surface area contributed by atoms with Gasteiger partial charge in [-0.3, -0.25) is 0 Å². The Morgan fingerprint density at radius 3 is 2.12 bits per heavy atom. The van der Waals surface area contributed by atoms with Gasteiger partial charge in [-0.05, 0) is 97.6 Å². The monoisotopic (exact) mass is 584 g/mol. The topological polar surface area (TPSA) is 71.1 Å². The minimum atomic E-state index is -0.664. The lowest BCUT2D eigenvalue weighted by molar-refractivity contribution is -0.162. The number of esters is 2. The van der Waals surface area contributed by atoms with E-state index in [9.17, 15) is 9.59 Å². The van der Waals surface area contributed by atoms with Crippen molar-refractivity contribution in [2.75, 3.05) is 6.61 Å². The molecule has 0 spiro atoms. The Bertz CT molecular complexity index is 1440. The van der Waals surface area contributed by atoms with Gasteiger partial charge in [-0.2, -0.15) is 0 Å². The van der Waals surface area contributed by atoms with E-state index in [0.29, 0.717) is 29.4 Å². The minimum Gasteiger partial charge on any atom is -0.457 e. The zero-order chi connectivity index (χ0) is 30.6. The first-order chi connectivity index (χ1) is 20.4. The SMILES string of the molecule is CC(C)[C@H]1[C@@H]2OC(C)(C)O[C@@H]2C2=CC3=C(COC(=O)c4ccccc4)[C@@H](OC(=O)c4ccccc4)CC[C@@]3(C)CC[C@@]21C. The molecule has 3 aliphatic carbocycles. The second kappa shape index (κ2) is 11.0. The van der Waals surface area contributed by atoms with Gasteiger partial charge >= 0.3 is 11.9 Å². The van der Waals surface area contributed by atoms with E-state index >= 15 is 0 Å². The third-order valence-corrected chi connectivity index (χ3v) is 10.4. The highest BCUT2D eigenvalue weighted by Crippen LogP contribution is 2.63. The van der Waals surface area contributed by atoms with Gasteiger partial charge in [-0.1, -0.05) is 70.2 Å². The first kappa shape index (κ1) is 29.8. The lowest BCUT2D eigenvalue weighted by atomic mass is 9.65. The Morgan fingerprint density at radius 2 is 1.49 bits per heavy atom. The summed E-state index contributed by atoms with van der Waals surface area (Å²) in [5, 5.41) is 0. The van der Waals surface area contributed by atoms with E-state index in [1.54, 1.807) is 24.3 Å². The predicted molar refractivity (Wildman–Crippen MR) is 164 cm³/mol. The van der Waals surface area contributed by atoms with Gasteiger partial charge in [0, 0.05) is 5.57 Å². The number of hydrogen-bond donors (Lipinski definition) is 0. The minimum absolute atomic E-state index is 0.0224. The number of ether oxygens (including phenoxy) is 4. The predicted octanol–water partition coefficient (Wildman–Crippen LogP) is 7.70. The van der Waals surface area contributed by atoms with Crippen molar-refractivity contribution in [3.8, 4) is 0 Å². The van der Waals surface area contributed by atoms with E-state index in [0.717, 1.165) is 30.4 Å². The molecular formula is C37H44O6. The molecule has 0 aromatic heterocycles. The average Bonchev–Trinajstić information content (AvgIpc) is 3.35. The van der Waals surface area contributed by atoms with Crippen LogP contribution in [0.5, 0.6) is 0 Å². The first-order valence-electron chi connectivity index (χ1n) is 15.7. The van der Waals surface area contributed by atoms with Gasteiger partial charge in [0.1, 0.15) is 18.8 Å². The van der Waals surface area contributed by atoms with E-state index in [2.05, 4.69) is 33.8 Å². The molecule has 228 valence electrons. The average molecular weight is 585 g/mol. The molecule has 1 saturated carbocycles. The normalized spacial score (nSPS) is 32.8. The molecule has 6 rings (SSSR count). The van der Waals surface area contributed by atoms with Crippen LogP contribution >= 0.6 is 0 Å². The summed E-state index contributed by atoms with van der Waals surface area (Å²) >= 11 is 0. The smallest absolute Gasteiger partial charge is 0.338 e. The lowest BCUT2D eigenvalue weighted by Crippen LogP contribution is -2.37. The summed E-state index contributed by atoms with van der Waals surface area (Å²) in [6.07, 6.45) is 5.17. The molecule has 0 bridgehead atoms. The highest BCUT2D eigenvalue weighted by Gasteiger charge is 2.63. The first-order valence-corrected chi connectivity index (χ1v) is 15.7. The fourth-order valence-corrected chi connectivity index (χ4v) is 8.26. The number of fused-ring (bicyclic) bond motifs is 4. The van der Waals surface area contributed by atoms with Crippen LogP contribution in [0.3, 0.4) is 0 Å².